The van der Waals surface area contributed by atoms with Crippen molar-refractivity contribution in [3.8, 4) is 12.1 Å². The summed E-state index contributed by atoms with van der Waals surface area (Å²) in [6, 6.07) is 10.7. The number of nitrogens with zero attached hydrogens (tertiary/aromatic N) is 2. The molecule has 1 saturated heterocycles. The summed E-state index contributed by atoms with van der Waals surface area (Å²) in [7, 11) is -0.394. The highest BCUT2D eigenvalue weighted by atomic mass is 79.9. The summed E-state index contributed by atoms with van der Waals surface area (Å²) in [6.45, 7) is 8.18. The summed E-state index contributed by atoms with van der Waals surface area (Å²) >= 11 is 3.39. The highest BCUT2D eigenvalue weighted by Gasteiger charge is 2.51. The first-order valence-corrected chi connectivity index (χ1v) is 14.0. The second-order valence-corrected chi connectivity index (χ2v) is 12.4. The van der Waals surface area contributed by atoms with Gasteiger partial charge >= 0.3 is 7.12 Å². The van der Waals surface area contributed by atoms with E-state index in [-0.39, 0.29) is 17.1 Å². The summed E-state index contributed by atoms with van der Waals surface area (Å²) in [5.41, 5.74) is 3.32. The van der Waals surface area contributed by atoms with Crippen LogP contribution in [0.4, 0.5) is 0 Å². The van der Waals surface area contributed by atoms with E-state index in [4.69, 9.17) is 14.6 Å². The smallest absolute Gasteiger partial charge is 0.399 e. The fraction of sp³-hybridized carbons (Fsp3) is 0.533. The average molecular weight is 547 g/mol. The topological polar surface area (TPSA) is 66.0 Å². The van der Waals surface area contributed by atoms with Crippen LogP contribution in [-0.2, 0) is 15.7 Å². The average Bonchev–Trinajstić information content (AvgIpc) is 3.01. The molecule has 0 N–H and O–H groups in total. The molecule has 1 heterocycles. The van der Waals surface area contributed by atoms with Crippen LogP contribution in [0.15, 0.2) is 52.6 Å². The first-order chi connectivity index (χ1) is 17.1. The fourth-order valence-electron chi connectivity index (χ4n) is 4.75. The normalized spacial score (nSPS) is 25.6. The monoisotopic (exact) mass is 546 g/mol. The molecule has 2 saturated carbocycles. The molecule has 1 aromatic rings. The Morgan fingerprint density at radius 3 is 2.22 bits per heavy atom. The Morgan fingerprint density at radius 2 is 1.69 bits per heavy atom. The van der Waals surface area contributed by atoms with Gasteiger partial charge in [0.25, 0.3) is 0 Å². The van der Waals surface area contributed by atoms with Crippen molar-refractivity contribution >= 4 is 28.5 Å². The standard InChI is InChI=1S/C18H24BNO2.C12H12BrN/c1-17(2)18(3,4)22-19(21-17)16-9-8-14(15(11-16)12-20)10-13-6-5-7-13;13-12-5-4-10(11(7-12)8-14)6-9-2-1-3-9/h8-9,11,13H,5-7,10H2,1-4H3;4-7,9,11H,1-3H2. The molecule has 4 aliphatic rings. The minimum atomic E-state index is -0.394. The van der Waals surface area contributed by atoms with Gasteiger partial charge in [0, 0.05) is 4.48 Å². The molecule has 3 fully saturated rings. The predicted octanol–water partition coefficient (Wildman–Crippen LogP) is 6.90. The summed E-state index contributed by atoms with van der Waals surface area (Å²) in [5.74, 6) is 1.42. The molecule has 0 spiro atoms. The van der Waals surface area contributed by atoms with Crippen LogP contribution in [-0.4, -0.2) is 18.3 Å². The molecule has 0 radical (unpaired) electrons. The van der Waals surface area contributed by atoms with Crippen LogP contribution in [0.25, 0.3) is 0 Å². The first kappa shape index (κ1) is 26.9. The van der Waals surface area contributed by atoms with Crippen molar-refractivity contribution in [2.24, 2.45) is 17.8 Å². The van der Waals surface area contributed by atoms with E-state index in [9.17, 15) is 5.26 Å². The van der Waals surface area contributed by atoms with Crippen molar-refractivity contribution in [3.63, 3.8) is 0 Å². The Bertz CT molecular complexity index is 1130. The highest BCUT2D eigenvalue weighted by Crippen LogP contribution is 2.37. The molecule has 5 rings (SSSR count). The maximum absolute atomic E-state index is 9.46. The summed E-state index contributed by atoms with van der Waals surface area (Å²) in [5, 5.41) is 18.5. The zero-order valence-corrected chi connectivity index (χ0v) is 23.5. The molecule has 1 aromatic carbocycles. The Kier molecular flexibility index (Phi) is 8.30. The third kappa shape index (κ3) is 6.05. The lowest BCUT2D eigenvalue weighted by Crippen LogP contribution is -2.41. The zero-order chi connectivity index (χ0) is 25.9. The molecule has 0 amide bonds. The molecular weight excluding hydrogens is 511 g/mol. The number of allylic oxidation sites excluding steroid dienone is 6. The van der Waals surface area contributed by atoms with Gasteiger partial charge in [-0.1, -0.05) is 65.9 Å². The van der Waals surface area contributed by atoms with Crippen LogP contribution in [0.3, 0.4) is 0 Å². The van der Waals surface area contributed by atoms with E-state index in [0.717, 1.165) is 39.3 Å². The lowest BCUT2D eigenvalue weighted by molar-refractivity contribution is 0.00578. The Balaban J connectivity index is 0.000000187. The quantitative estimate of drug-likeness (QED) is 0.385. The van der Waals surface area contributed by atoms with Gasteiger partial charge < -0.3 is 9.31 Å². The Labute approximate surface area is 225 Å². The van der Waals surface area contributed by atoms with E-state index in [1.807, 2.05) is 45.9 Å². The van der Waals surface area contributed by atoms with Crippen molar-refractivity contribution in [2.75, 3.05) is 0 Å². The van der Waals surface area contributed by atoms with E-state index in [2.05, 4.69) is 52.4 Å². The van der Waals surface area contributed by atoms with Gasteiger partial charge in [-0.15, -0.1) is 0 Å². The Morgan fingerprint density at radius 1 is 1.03 bits per heavy atom. The molecule has 1 atom stereocenters. The molecule has 188 valence electrons. The molecule has 4 nitrogen and oxygen atoms in total. The first-order valence-electron chi connectivity index (χ1n) is 13.2. The molecule has 1 unspecified atom stereocenters. The number of benzene rings is 1. The third-order valence-corrected chi connectivity index (χ3v) is 8.88. The molecule has 3 aliphatic carbocycles. The lowest BCUT2D eigenvalue weighted by Gasteiger charge is -2.32. The van der Waals surface area contributed by atoms with E-state index < -0.39 is 7.12 Å². The lowest BCUT2D eigenvalue weighted by atomic mass is 9.75. The van der Waals surface area contributed by atoms with Gasteiger partial charge in [-0.05, 0) is 93.6 Å². The van der Waals surface area contributed by atoms with Crippen LogP contribution >= 0.6 is 15.9 Å². The number of nitriles is 2. The fourth-order valence-corrected chi connectivity index (χ4v) is 5.15. The van der Waals surface area contributed by atoms with E-state index in [1.54, 1.807) is 0 Å². The summed E-state index contributed by atoms with van der Waals surface area (Å²) in [6.07, 6.45) is 17.2. The largest absolute Gasteiger partial charge is 0.494 e. The van der Waals surface area contributed by atoms with Gasteiger partial charge in [0.1, 0.15) is 0 Å². The van der Waals surface area contributed by atoms with E-state index in [0.29, 0.717) is 0 Å². The van der Waals surface area contributed by atoms with E-state index in [1.165, 1.54) is 44.1 Å². The minimum absolute atomic E-state index is 0.0602. The second-order valence-electron chi connectivity index (χ2n) is 11.5. The summed E-state index contributed by atoms with van der Waals surface area (Å²) < 4.78 is 13.2. The third-order valence-electron chi connectivity index (χ3n) is 8.35. The SMILES string of the molecule is CC1(C)OB(c2ccc(CC3CCC3)c(C#N)c2)OC1(C)C.N#CC1C=C(Br)C=CC1=CC1CCC1. The Hall–Kier alpha value is -2.12. The molecule has 0 bridgehead atoms. The molecule has 36 heavy (non-hydrogen) atoms. The van der Waals surface area contributed by atoms with Crippen LogP contribution < -0.4 is 5.46 Å². The number of rotatable bonds is 4. The highest BCUT2D eigenvalue weighted by molar-refractivity contribution is 9.11. The molecule has 6 heteroatoms. The van der Waals surface area contributed by atoms with Gasteiger partial charge in [-0.25, -0.2) is 0 Å². The number of hydrogen-bond donors (Lipinski definition) is 0. The predicted molar refractivity (Wildman–Crippen MR) is 149 cm³/mol. The van der Waals surface area contributed by atoms with Crippen molar-refractivity contribution in [1.29, 1.82) is 10.5 Å². The van der Waals surface area contributed by atoms with E-state index >= 15 is 0 Å². The van der Waals surface area contributed by atoms with Crippen LogP contribution in [0, 0.1) is 40.4 Å². The van der Waals surface area contributed by atoms with Crippen molar-refractivity contribution < 1.29 is 9.31 Å². The van der Waals surface area contributed by atoms with Crippen LogP contribution in [0.2, 0.25) is 0 Å². The van der Waals surface area contributed by atoms with Crippen molar-refractivity contribution in [1.82, 2.24) is 0 Å². The van der Waals surface area contributed by atoms with Gasteiger partial charge in [-0.2, -0.15) is 10.5 Å². The van der Waals surface area contributed by atoms with Gasteiger partial charge in [0.05, 0.1) is 34.8 Å². The minimum Gasteiger partial charge on any atom is -0.399 e. The van der Waals surface area contributed by atoms with Gasteiger partial charge in [0.2, 0.25) is 0 Å². The van der Waals surface area contributed by atoms with Gasteiger partial charge in [0.15, 0.2) is 0 Å². The maximum atomic E-state index is 9.46. The van der Waals surface area contributed by atoms with Gasteiger partial charge in [-0.3, -0.25) is 0 Å². The van der Waals surface area contributed by atoms with Crippen molar-refractivity contribution in [3.05, 3.63) is 63.7 Å². The molecule has 1 aliphatic heterocycles. The van der Waals surface area contributed by atoms with Crippen LogP contribution in [0.1, 0.15) is 77.3 Å². The van der Waals surface area contributed by atoms with Crippen LogP contribution in [0.5, 0.6) is 0 Å². The maximum Gasteiger partial charge on any atom is 0.494 e. The zero-order valence-electron chi connectivity index (χ0n) is 21.9. The number of halogens is 1. The molecular formula is C30H36BBrN2O2. The number of hydrogen-bond acceptors (Lipinski definition) is 4. The molecule has 0 aromatic heterocycles. The summed E-state index contributed by atoms with van der Waals surface area (Å²) in [4.78, 5) is 0. The second kappa shape index (κ2) is 11.1. The van der Waals surface area contributed by atoms with Crippen molar-refractivity contribution in [2.45, 2.75) is 83.8 Å².